The van der Waals surface area contributed by atoms with Gasteiger partial charge in [-0.15, -0.1) is 0 Å². The molecule has 82 valence electrons. The van der Waals surface area contributed by atoms with Gasteiger partial charge in [-0.2, -0.15) is 0 Å². The Morgan fingerprint density at radius 1 is 1.53 bits per heavy atom. The molecule has 0 aromatic heterocycles. The van der Waals surface area contributed by atoms with Gasteiger partial charge in [0.2, 0.25) is 0 Å². The number of aliphatic hydroxyl groups is 1. The van der Waals surface area contributed by atoms with E-state index in [9.17, 15) is 5.11 Å². The Morgan fingerprint density at radius 3 is 3.07 bits per heavy atom. The molecule has 1 aromatic rings. The Bertz CT molecular complexity index is 346. The Morgan fingerprint density at radius 2 is 2.33 bits per heavy atom. The van der Waals surface area contributed by atoms with Gasteiger partial charge in [-0.25, -0.2) is 0 Å². The average molecular weight is 205 g/mol. The van der Waals surface area contributed by atoms with Crippen molar-refractivity contribution < 1.29 is 5.11 Å². The van der Waals surface area contributed by atoms with Gasteiger partial charge in [0.25, 0.3) is 0 Å². The third-order valence-corrected chi connectivity index (χ3v) is 3.04. The number of rotatable bonds is 3. The third kappa shape index (κ3) is 2.39. The summed E-state index contributed by atoms with van der Waals surface area (Å²) in [5, 5.41) is 12.7. The Labute approximate surface area is 91.3 Å². The molecule has 1 unspecified atom stereocenters. The minimum atomic E-state index is -0.265. The fourth-order valence-electron chi connectivity index (χ4n) is 2.25. The number of hydrogen-bond acceptors (Lipinski definition) is 2. The maximum absolute atomic E-state index is 9.25. The van der Waals surface area contributed by atoms with Crippen LogP contribution in [-0.2, 0) is 6.42 Å². The number of aliphatic hydroxyl groups excluding tert-OH is 1. The second-order valence-corrected chi connectivity index (χ2v) is 4.55. The highest BCUT2D eigenvalue weighted by molar-refractivity contribution is 5.37. The van der Waals surface area contributed by atoms with Crippen molar-refractivity contribution in [1.29, 1.82) is 0 Å². The van der Waals surface area contributed by atoms with Crippen molar-refractivity contribution in [1.82, 2.24) is 5.32 Å². The van der Waals surface area contributed by atoms with Gasteiger partial charge < -0.3 is 10.4 Å². The standard InChI is InChI=1S/C13H19NO/c1-9-3-4-11-5-6-13(12(11)7-9)14-8-10(2)15/h3-4,7,10,13-15H,5-6,8H2,1-2H3/t10-,13?/m0/s1. The van der Waals surface area contributed by atoms with Crippen molar-refractivity contribution in [2.75, 3.05) is 6.54 Å². The molecule has 0 aliphatic heterocycles. The monoisotopic (exact) mass is 205 g/mol. The van der Waals surface area contributed by atoms with Crippen LogP contribution in [-0.4, -0.2) is 17.8 Å². The van der Waals surface area contributed by atoms with Crippen LogP contribution in [0.4, 0.5) is 0 Å². The van der Waals surface area contributed by atoms with E-state index in [0.29, 0.717) is 12.6 Å². The molecule has 1 aliphatic carbocycles. The van der Waals surface area contributed by atoms with Crippen LogP contribution in [0.25, 0.3) is 0 Å². The van der Waals surface area contributed by atoms with E-state index < -0.39 is 0 Å². The fraction of sp³-hybridized carbons (Fsp3) is 0.538. The molecule has 0 heterocycles. The van der Waals surface area contributed by atoms with E-state index in [4.69, 9.17) is 0 Å². The van der Waals surface area contributed by atoms with E-state index in [1.807, 2.05) is 6.92 Å². The summed E-state index contributed by atoms with van der Waals surface area (Å²) in [5.41, 5.74) is 4.21. The van der Waals surface area contributed by atoms with E-state index in [1.165, 1.54) is 16.7 Å². The van der Waals surface area contributed by atoms with Gasteiger partial charge in [0.1, 0.15) is 0 Å². The van der Waals surface area contributed by atoms with Crippen LogP contribution < -0.4 is 5.32 Å². The van der Waals surface area contributed by atoms with Crippen LogP contribution in [0.15, 0.2) is 18.2 Å². The molecule has 0 saturated heterocycles. The average Bonchev–Trinajstić information content (AvgIpc) is 2.57. The minimum Gasteiger partial charge on any atom is -0.392 e. The van der Waals surface area contributed by atoms with Gasteiger partial charge in [-0.1, -0.05) is 23.8 Å². The van der Waals surface area contributed by atoms with Crippen molar-refractivity contribution in [3.05, 3.63) is 34.9 Å². The molecular weight excluding hydrogens is 186 g/mol. The molecule has 0 amide bonds. The summed E-state index contributed by atoms with van der Waals surface area (Å²) in [6.45, 7) is 4.63. The number of nitrogens with one attached hydrogen (secondary N) is 1. The molecule has 2 atom stereocenters. The highest BCUT2D eigenvalue weighted by Crippen LogP contribution is 2.31. The first-order chi connectivity index (χ1) is 7.16. The molecule has 2 rings (SSSR count). The second kappa shape index (κ2) is 4.33. The summed E-state index contributed by atoms with van der Waals surface area (Å²) in [5.74, 6) is 0. The molecule has 2 heteroatoms. The summed E-state index contributed by atoms with van der Waals surface area (Å²) >= 11 is 0. The largest absolute Gasteiger partial charge is 0.392 e. The predicted molar refractivity (Wildman–Crippen MR) is 61.9 cm³/mol. The van der Waals surface area contributed by atoms with Gasteiger partial charge in [-0.3, -0.25) is 0 Å². The van der Waals surface area contributed by atoms with Crippen LogP contribution in [0.3, 0.4) is 0 Å². The van der Waals surface area contributed by atoms with Crippen LogP contribution in [0.1, 0.15) is 36.1 Å². The Kier molecular flexibility index (Phi) is 3.08. The summed E-state index contributed by atoms with van der Waals surface area (Å²) in [7, 11) is 0. The number of fused-ring (bicyclic) bond motifs is 1. The maximum atomic E-state index is 9.25. The first-order valence-corrected chi connectivity index (χ1v) is 5.67. The third-order valence-electron chi connectivity index (χ3n) is 3.04. The van der Waals surface area contributed by atoms with E-state index in [2.05, 4.69) is 30.4 Å². The van der Waals surface area contributed by atoms with Crippen molar-refractivity contribution in [2.45, 2.75) is 38.8 Å². The molecule has 2 nitrogen and oxygen atoms in total. The second-order valence-electron chi connectivity index (χ2n) is 4.55. The smallest absolute Gasteiger partial charge is 0.0636 e. The first kappa shape index (κ1) is 10.7. The SMILES string of the molecule is Cc1ccc2c(c1)C(NC[C@H](C)O)CC2. The van der Waals surface area contributed by atoms with E-state index in [-0.39, 0.29) is 6.10 Å². The summed E-state index contributed by atoms with van der Waals surface area (Å²) in [6.07, 6.45) is 2.05. The van der Waals surface area contributed by atoms with E-state index in [1.54, 1.807) is 0 Å². The molecule has 0 spiro atoms. The van der Waals surface area contributed by atoms with Crippen molar-refractivity contribution in [2.24, 2.45) is 0 Å². The lowest BCUT2D eigenvalue weighted by Gasteiger charge is -2.15. The topological polar surface area (TPSA) is 32.3 Å². The predicted octanol–water partition coefficient (Wildman–Crippen LogP) is 1.95. The maximum Gasteiger partial charge on any atom is 0.0636 e. The molecule has 2 N–H and O–H groups in total. The summed E-state index contributed by atoms with van der Waals surface area (Å²) in [4.78, 5) is 0. The normalized spacial score (nSPS) is 21.4. The molecule has 1 aromatic carbocycles. The van der Waals surface area contributed by atoms with Gasteiger partial charge in [0.05, 0.1) is 6.10 Å². The van der Waals surface area contributed by atoms with Crippen LogP contribution in [0, 0.1) is 6.92 Å². The molecule has 0 bridgehead atoms. The zero-order chi connectivity index (χ0) is 10.8. The van der Waals surface area contributed by atoms with Gasteiger partial charge in [0, 0.05) is 12.6 Å². The lowest BCUT2D eigenvalue weighted by molar-refractivity contribution is 0.186. The van der Waals surface area contributed by atoms with Crippen LogP contribution in [0.5, 0.6) is 0 Å². The lowest BCUT2D eigenvalue weighted by Crippen LogP contribution is -2.27. The van der Waals surface area contributed by atoms with Gasteiger partial charge >= 0.3 is 0 Å². The highest BCUT2D eigenvalue weighted by Gasteiger charge is 2.21. The molecule has 0 radical (unpaired) electrons. The Hall–Kier alpha value is -0.860. The van der Waals surface area contributed by atoms with Gasteiger partial charge in [-0.05, 0) is 37.8 Å². The molecular formula is C13H19NO. The van der Waals surface area contributed by atoms with Crippen molar-refractivity contribution in [3.8, 4) is 0 Å². The van der Waals surface area contributed by atoms with Crippen LogP contribution >= 0.6 is 0 Å². The van der Waals surface area contributed by atoms with E-state index >= 15 is 0 Å². The zero-order valence-electron chi connectivity index (χ0n) is 9.46. The first-order valence-electron chi connectivity index (χ1n) is 5.67. The lowest BCUT2D eigenvalue weighted by atomic mass is 10.1. The number of benzene rings is 1. The quantitative estimate of drug-likeness (QED) is 0.790. The molecule has 15 heavy (non-hydrogen) atoms. The molecule has 0 fully saturated rings. The van der Waals surface area contributed by atoms with E-state index in [0.717, 1.165) is 12.8 Å². The summed E-state index contributed by atoms with van der Waals surface area (Å²) in [6, 6.07) is 7.11. The highest BCUT2D eigenvalue weighted by atomic mass is 16.3. The Balaban J connectivity index is 2.10. The van der Waals surface area contributed by atoms with Crippen molar-refractivity contribution >= 4 is 0 Å². The minimum absolute atomic E-state index is 0.265. The zero-order valence-corrected chi connectivity index (χ0v) is 9.46. The molecule has 1 aliphatic rings. The van der Waals surface area contributed by atoms with Gasteiger partial charge in [0.15, 0.2) is 0 Å². The van der Waals surface area contributed by atoms with Crippen LogP contribution in [0.2, 0.25) is 0 Å². The molecule has 0 saturated carbocycles. The number of aryl methyl sites for hydroxylation is 2. The fourth-order valence-corrected chi connectivity index (χ4v) is 2.25. The van der Waals surface area contributed by atoms with Crippen molar-refractivity contribution in [3.63, 3.8) is 0 Å². The summed E-state index contributed by atoms with van der Waals surface area (Å²) < 4.78 is 0. The number of hydrogen-bond donors (Lipinski definition) is 2.